The monoisotopic (exact) mass is 248 g/mol. The third kappa shape index (κ3) is 6.18. The van der Waals surface area contributed by atoms with Crippen molar-refractivity contribution in [3.63, 3.8) is 0 Å². The van der Waals surface area contributed by atoms with E-state index in [4.69, 9.17) is 5.73 Å². The summed E-state index contributed by atoms with van der Waals surface area (Å²) in [6.45, 7) is 8.73. The topological polar surface area (TPSA) is 29.3 Å². The smallest absolute Gasteiger partial charge is 0.00189 e. The zero-order valence-electron chi connectivity index (χ0n) is 11.9. The average Bonchev–Trinajstić information content (AvgIpc) is 2.43. The molecule has 102 valence electrons. The van der Waals surface area contributed by atoms with Gasteiger partial charge in [-0.05, 0) is 50.4 Å². The van der Waals surface area contributed by atoms with Crippen LogP contribution in [-0.4, -0.2) is 31.1 Å². The van der Waals surface area contributed by atoms with Gasteiger partial charge < -0.3 is 10.6 Å². The number of nitrogens with two attached hydrogens (primary N) is 1. The third-order valence-electron chi connectivity index (χ3n) is 3.45. The van der Waals surface area contributed by atoms with Gasteiger partial charge in [0.05, 0.1) is 0 Å². The van der Waals surface area contributed by atoms with Crippen LogP contribution in [0.5, 0.6) is 0 Å². The summed E-state index contributed by atoms with van der Waals surface area (Å²) >= 11 is 0. The van der Waals surface area contributed by atoms with Crippen molar-refractivity contribution in [1.82, 2.24) is 4.90 Å². The quantitative estimate of drug-likeness (QED) is 0.681. The Hall–Kier alpha value is -0.860. The van der Waals surface area contributed by atoms with Gasteiger partial charge in [-0.2, -0.15) is 0 Å². The molecule has 0 aliphatic heterocycles. The summed E-state index contributed by atoms with van der Waals surface area (Å²) in [5, 5.41) is 0. The summed E-state index contributed by atoms with van der Waals surface area (Å²) in [6, 6.07) is 10.8. The molecule has 1 atom stereocenters. The first kappa shape index (κ1) is 15.2. The van der Waals surface area contributed by atoms with Crippen LogP contribution in [0.4, 0.5) is 0 Å². The summed E-state index contributed by atoms with van der Waals surface area (Å²) in [5.41, 5.74) is 7.13. The lowest BCUT2D eigenvalue weighted by Gasteiger charge is -2.23. The molecule has 0 radical (unpaired) electrons. The fourth-order valence-electron chi connectivity index (χ4n) is 2.20. The first-order chi connectivity index (χ1) is 8.76. The lowest BCUT2D eigenvalue weighted by Crippen LogP contribution is -2.32. The van der Waals surface area contributed by atoms with Crippen molar-refractivity contribution in [2.24, 2.45) is 11.7 Å². The SMILES string of the molecule is CCN(CCCCc1ccccc1)CC(C)CN. The first-order valence-electron chi connectivity index (χ1n) is 7.22. The Morgan fingerprint density at radius 3 is 2.50 bits per heavy atom. The van der Waals surface area contributed by atoms with Crippen LogP contribution in [0.25, 0.3) is 0 Å². The Morgan fingerprint density at radius 2 is 1.89 bits per heavy atom. The minimum atomic E-state index is 0.610. The number of rotatable bonds is 9. The van der Waals surface area contributed by atoms with Crippen LogP contribution in [0.1, 0.15) is 32.3 Å². The van der Waals surface area contributed by atoms with E-state index >= 15 is 0 Å². The van der Waals surface area contributed by atoms with E-state index in [1.165, 1.54) is 31.4 Å². The van der Waals surface area contributed by atoms with E-state index in [-0.39, 0.29) is 0 Å². The van der Waals surface area contributed by atoms with Crippen LogP contribution in [-0.2, 0) is 6.42 Å². The van der Waals surface area contributed by atoms with Crippen LogP contribution in [0.2, 0.25) is 0 Å². The highest BCUT2D eigenvalue weighted by atomic mass is 15.1. The van der Waals surface area contributed by atoms with Gasteiger partial charge in [-0.1, -0.05) is 44.2 Å². The standard InChI is InChI=1S/C16H28N2/c1-3-18(14-15(2)13-17)12-8-7-11-16-9-5-4-6-10-16/h4-6,9-10,15H,3,7-8,11-14,17H2,1-2H3. The van der Waals surface area contributed by atoms with Crippen molar-refractivity contribution < 1.29 is 0 Å². The lowest BCUT2D eigenvalue weighted by atomic mass is 10.1. The molecule has 2 heteroatoms. The Labute approximate surface area is 112 Å². The molecule has 0 saturated carbocycles. The van der Waals surface area contributed by atoms with E-state index in [9.17, 15) is 0 Å². The number of nitrogens with zero attached hydrogens (tertiary/aromatic N) is 1. The number of aryl methyl sites for hydroxylation is 1. The molecular formula is C16H28N2. The van der Waals surface area contributed by atoms with Crippen LogP contribution < -0.4 is 5.73 Å². The molecule has 0 aromatic heterocycles. The summed E-state index contributed by atoms with van der Waals surface area (Å²) in [7, 11) is 0. The van der Waals surface area contributed by atoms with E-state index in [0.717, 1.165) is 19.6 Å². The number of unbranched alkanes of at least 4 members (excludes halogenated alkanes) is 1. The largest absolute Gasteiger partial charge is 0.330 e. The number of benzene rings is 1. The Bertz CT molecular complexity index is 297. The average molecular weight is 248 g/mol. The van der Waals surface area contributed by atoms with Crippen molar-refractivity contribution in [2.45, 2.75) is 33.1 Å². The summed E-state index contributed by atoms with van der Waals surface area (Å²) in [4.78, 5) is 2.52. The second kappa shape index (κ2) is 9.12. The fourth-order valence-corrected chi connectivity index (χ4v) is 2.20. The van der Waals surface area contributed by atoms with E-state index in [0.29, 0.717) is 5.92 Å². The highest BCUT2D eigenvalue weighted by molar-refractivity contribution is 5.14. The van der Waals surface area contributed by atoms with Gasteiger partial charge in [0.1, 0.15) is 0 Å². The molecule has 0 spiro atoms. The Morgan fingerprint density at radius 1 is 1.17 bits per heavy atom. The second-order valence-corrected chi connectivity index (χ2v) is 5.18. The van der Waals surface area contributed by atoms with Crippen molar-refractivity contribution in [2.75, 3.05) is 26.2 Å². The summed E-state index contributed by atoms with van der Waals surface area (Å²) < 4.78 is 0. The predicted molar refractivity (Wildman–Crippen MR) is 79.7 cm³/mol. The van der Waals surface area contributed by atoms with Crippen LogP contribution in [0.15, 0.2) is 30.3 Å². The van der Waals surface area contributed by atoms with Crippen LogP contribution in [0, 0.1) is 5.92 Å². The Balaban J connectivity index is 2.15. The molecule has 0 bridgehead atoms. The molecule has 1 aromatic rings. The summed E-state index contributed by atoms with van der Waals surface area (Å²) in [5.74, 6) is 0.610. The van der Waals surface area contributed by atoms with E-state index in [1.807, 2.05) is 0 Å². The van der Waals surface area contributed by atoms with Gasteiger partial charge in [0, 0.05) is 6.54 Å². The maximum absolute atomic E-state index is 5.68. The van der Waals surface area contributed by atoms with Crippen molar-refractivity contribution in [3.05, 3.63) is 35.9 Å². The van der Waals surface area contributed by atoms with Gasteiger partial charge in [-0.25, -0.2) is 0 Å². The molecule has 0 amide bonds. The number of hydrogen-bond donors (Lipinski definition) is 1. The molecule has 0 heterocycles. The molecule has 1 aromatic carbocycles. The van der Waals surface area contributed by atoms with E-state index < -0.39 is 0 Å². The Kier molecular flexibility index (Phi) is 7.70. The molecule has 2 nitrogen and oxygen atoms in total. The molecule has 0 aliphatic carbocycles. The maximum Gasteiger partial charge on any atom is 0.00189 e. The zero-order valence-corrected chi connectivity index (χ0v) is 11.9. The molecule has 1 rings (SSSR count). The van der Waals surface area contributed by atoms with Crippen LogP contribution >= 0.6 is 0 Å². The first-order valence-corrected chi connectivity index (χ1v) is 7.22. The summed E-state index contributed by atoms with van der Waals surface area (Å²) in [6.07, 6.45) is 3.75. The van der Waals surface area contributed by atoms with Gasteiger partial charge >= 0.3 is 0 Å². The van der Waals surface area contributed by atoms with Gasteiger partial charge in [-0.3, -0.25) is 0 Å². The second-order valence-electron chi connectivity index (χ2n) is 5.18. The number of hydrogen-bond acceptors (Lipinski definition) is 2. The van der Waals surface area contributed by atoms with Crippen molar-refractivity contribution in [3.8, 4) is 0 Å². The van der Waals surface area contributed by atoms with Crippen LogP contribution in [0.3, 0.4) is 0 Å². The van der Waals surface area contributed by atoms with Gasteiger partial charge in [-0.15, -0.1) is 0 Å². The minimum Gasteiger partial charge on any atom is -0.330 e. The van der Waals surface area contributed by atoms with Gasteiger partial charge in [0.25, 0.3) is 0 Å². The van der Waals surface area contributed by atoms with Crippen molar-refractivity contribution in [1.29, 1.82) is 0 Å². The molecule has 0 saturated heterocycles. The third-order valence-corrected chi connectivity index (χ3v) is 3.45. The van der Waals surface area contributed by atoms with E-state index in [2.05, 4.69) is 49.1 Å². The highest BCUT2D eigenvalue weighted by Gasteiger charge is 2.06. The predicted octanol–water partition coefficient (Wildman–Crippen LogP) is 2.93. The molecule has 0 aliphatic rings. The minimum absolute atomic E-state index is 0.610. The van der Waals surface area contributed by atoms with Gasteiger partial charge in [0.2, 0.25) is 0 Å². The molecule has 18 heavy (non-hydrogen) atoms. The fraction of sp³-hybridized carbons (Fsp3) is 0.625. The molecule has 1 unspecified atom stereocenters. The maximum atomic E-state index is 5.68. The molecule has 0 fully saturated rings. The zero-order chi connectivity index (χ0) is 13.2. The lowest BCUT2D eigenvalue weighted by molar-refractivity contribution is 0.246. The van der Waals surface area contributed by atoms with Gasteiger partial charge in [0.15, 0.2) is 0 Å². The molecular weight excluding hydrogens is 220 g/mol. The highest BCUT2D eigenvalue weighted by Crippen LogP contribution is 2.06. The molecule has 2 N–H and O–H groups in total. The van der Waals surface area contributed by atoms with E-state index in [1.54, 1.807) is 0 Å². The van der Waals surface area contributed by atoms with Crippen molar-refractivity contribution >= 4 is 0 Å². The normalized spacial score (nSPS) is 12.9.